The van der Waals surface area contributed by atoms with Crippen LogP contribution in [0.1, 0.15) is 42.0 Å². The van der Waals surface area contributed by atoms with Crippen molar-refractivity contribution >= 4 is 17.9 Å². The monoisotopic (exact) mass is 462 g/mol. The number of ether oxygens (including phenoxy) is 1. The van der Waals surface area contributed by atoms with E-state index in [2.05, 4.69) is 0 Å². The van der Waals surface area contributed by atoms with Gasteiger partial charge in [-0.25, -0.2) is 4.79 Å². The van der Waals surface area contributed by atoms with E-state index in [1.807, 2.05) is 43.3 Å². The molecule has 0 saturated heterocycles. The molecule has 3 aromatic rings. The first-order chi connectivity index (χ1) is 16.2. The third-order valence-corrected chi connectivity index (χ3v) is 5.68. The van der Waals surface area contributed by atoms with Gasteiger partial charge in [-0.2, -0.15) is 0 Å². The molecule has 0 aliphatic heterocycles. The van der Waals surface area contributed by atoms with E-state index in [1.54, 1.807) is 48.5 Å². The summed E-state index contributed by atoms with van der Waals surface area (Å²) in [4.78, 5) is 36.0. The topological polar surface area (TPSA) is 121 Å². The van der Waals surface area contributed by atoms with Gasteiger partial charge >= 0.3 is 17.9 Å². The van der Waals surface area contributed by atoms with Crippen LogP contribution in [-0.2, 0) is 31.1 Å². The molecule has 176 valence electrons. The number of aliphatic carboxylic acids is 2. The number of hydrogen-bond acceptors (Lipinski definition) is 5. The summed E-state index contributed by atoms with van der Waals surface area (Å²) in [6.45, 7) is 1.97. The number of hydrogen-bond donors (Lipinski definition) is 3. The molecule has 0 bridgehead atoms. The SMILES string of the molecule is CCc1ccccc1C(OC(=O)CC(O)(CC(=O)O)C(=O)O)(c1ccccc1)c1ccccc1. The molecule has 0 amide bonds. The van der Waals surface area contributed by atoms with E-state index in [0.29, 0.717) is 23.1 Å². The summed E-state index contributed by atoms with van der Waals surface area (Å²) < 4.78 is 6.11. The number of aryl methyl sites for hydroxylation is 1. The van der Waals surface area contributed by atoms with Gasteiger partial charge in [0.2, 0.25) is 0 Å². The van der Waals surface area contributed by atoms with E-state index >= 15 is 0 Å². The molecule has 0 spiro atoms. The fraction of sp³-hybridized carbons (Fsp3) is 0.222. The van der Waals surface area contributed by atoms with Crippen LogP contribution in [0.25, 0.3) is 0 Å². The lowest BCUT2D eigenvalue weighted by atomic mass is 9.77. The number of rotatable bonds is 10. The first-order valence-corrected chi connectivity index (χ1v) is 10.8. The Hall–Kier alpha value is -3.97. The second kappa shape index (κ2) is 10.3. The minimum Gasteiger partial charge on any atom is -0.481 e. The van der Waals surface area contributed by atoms with Crippen LogP contribution < -0.4 is 0 Å². The maximum absolute atomic E-state index is 13.2. The highest BCUT2D eigenvalue weighted by atomic mass is 16.6. The van der Waals surface area contributed by atoms with Crippen molar-refractivity contribution in [2.45, 2.75) is 37.4 Å². The van der Waals surface area contributed by atoms with Crippen molar-refractivity contribution in [2.75, 3.05) is 0 Å². The van der Waals surface area contributed by atoms with Crippen molar-refractivity contribution < 1.29 is 34.4 Å². The van der Waals surface area contributed by atoms with Crippen LogP contribution in [0.3, 0.4) is 0 Å². The molecule has 7 nitrogen and oxygen atoms in total. The highest BCUT2D eigenvalue weighted by molar-refractivity contribution is 5.89. The zero-order valence-corrected chi connectivity index (χ0v) is 18.7. The van der Waals surface area contributed by atoms with Gasteiger partial charge in [-0.1, -0.05) is 91.9 Å². The maximum atomic E-state index is 13.2. The molecule has 0 aliphatic carbocycles. The van der Waals surface area contributed by atoms with Crippen molar-refractivity contribution in [1.82, 2.24) is 0 Å². The summed E-state index contributed by atoms with van der Waals surface area (Å²) in [7, 11) is 0. The quantitative estimate of drug-likeness (QED) is 0.310. The lowest BCUT2D eigenvalue weighted by molar-refractivity contribution is -0.175. The fourth-order valence-electron chi connectivity index (χ4n) is 4.08. The molecule has 1 atom stereocenters. The lowest BCUT2D eigenvalue weighted by Gasteiger charge is -2.37. The second-order valence-corrected chi connectivity index (χ2v) is 7.98. The van der Waals surface area contributed by atoms with Crippen LogP contribution in [0.4, 0.5) is 0 Å². The van der Waals surface area contributed by atoms with Crippen molar-refractivity contribution in [2.24, 2.45) is 0 Å². The predicted molar refractivity (Wildman–Crippen MR) is 124 cm³/mol. The van der Waals surface area contributed by atoms with Gasteiger partial charge in [0.15, 0.2) is 11.2 Å². The summed E-state index contributed by atoms with van der Waals surface area (Å²) in [6, 6.07) is 25.5. The van der Waals surface area contributed by atoms with Crippen molar-refractivity contribution in [1.29, 1.82) is 0 Å². The standard InChI is InChI=1S/C27H26O7/c1-2-19-11-9-10-16-22(19)27(20-12-5-3-6-13-20,21-14-7-4-8-15-21)34-24(30)18-26(33,25(31)32)17-23(28)29/h3-16,33H,2,17-18H2,1H3,(H,28,29)(H,31,32). The second-order valence-electron chi connectivity index (χ2n) is 7.98. The Kier molecular flexibility index (Phi) is 7.48. The van der Waals surface area contributed by atoms with Gasteiger partial charge in [-0.3, -0.25) is 9.59 Å². The molecule has 0 heterocycles. The van der Waals surface area contributed by atoms with E-state index in [0.717, 1.165) is 5.56 Å². The Morgan fingerprint density at radius 3 is 1.74 bits per heavy atom. The molecule has 0 saturated carbocycles. The largest absolute Gasteiger partial charge is 0.481 e. The van der Waals surface area contributed by atoms with Gasteiger partial charge in [0.05, 0.1) is 12.8 Å². The third-order valence-electron chi connectivity index (χ3n) is 5.68. The van der Waals surface area contributed by atoms with Crippen molar-refractivity contribution in [3.05, 3.63) is 107 Å². The van der Waals surface area contributed by atoms with Crippen LogP contribution in [0, 0.1) is 0 Å². The zero-order chi connectivity index (χ0) is 24.8. The summed E-state index contributed by atoms with van der Waals surface area (Å²) >= 11 is 0. The molecule has 34 heavy (non-hydrogen) atoms. The molecule has 1 unspecified atom stereocenters. The molecule has 0 fully saturated rings. The average molecular weight is 462 g/mol. The minimum atomic E-state index is -2.81. The Morgan fingerprint density at radius 2 is 1.26 bits per heavy atom. The predicted octanol–water partition coefficient (Wildman–Crippen LogP) is 3.76. The molecule has 0 aromatic heterocycles. The van der Waals surface area contributed by atoms with Crippen LogP contribution in [0.2, 0.25) is 0 Å². The number of aliphatic hydroxyl groups is 1. The van der Waals surface area contributed by atoms with Gasteiger partial charge < -0.3 is 20.1 Å². The van der Waals surface area contributed by atoms with E-state index < -0.39 is 42.0 Å². The summed E-state index contributed by atoms with van der Waals surface area (Å²) in [5, 5.41) is 29.0. The highest BCUT2D eigenvalue weighted by Gasteiger charge is 2.46. The Balaban J connectivity index is 2.22. The number of carboxylic acids is 2. The van der Waals surface area contributed by atoms with Gasteiger partial charge in [0, 0.05) is 16.7 Å². The van der Waals surface area contributed by atoms with Gasteiger partial charge in [-0.15, -0.1) is 0 Å². The minimum absolute atomic E-state index is 0.618. The number of benzene rings is 3. The summed E-state index contributed by atoms with van der Waals surface area (Å²) in [5.74, 6) is -4.41. The Morgan fingerprint density at radius 1 is 0.765 bits per heavy atom. The normalized spacial score (nSPS) is 13.0. The van der Waals surface area contributed by atoms with Crippen molar-refractivity contribution in [3.8, 4) is 0 Å². The van der Waals surface area contributed by atoms with Gasteiger partial charge in [-0.05, 0) is 12.0 Å². The number of carbonyl (C=O) groups is 3. The van der Waals surface area contributed by atoms with E-state index in [1.165, 1.54) is 0 Å². The van der Waals surface area contributed by atoms with Gasteiger partial charge in [0.1, 0.15) is 0 Å². The molecule has 3 aromatic carbocycles. The van der Waals surface area contributed by atoms with Crippen LogP contribution in [0.5, 0.6) is 0 Å². The Labute approximate surface area is 197 Å². The van der Waals surface area contributed by atoms with Crippen molar-refractivity contribution in [3.63, 3.8) is 0 Å². The lowest BCUT2D eigenvalue weighted by Crippen LogP contribution is -2.45. The van der Waals surface area contributed by atoms with Crippen LogP contribution >= 0.6 is 0 Å². The molecule has 0 aliphatic rings. The van der Waals surface area contributed by atoms with Crippen LogP contribution in [-0.4, -0.2) is 38.8 Å². The smallest absolute Gasteiger partial charge is 0.336 e. The number of carboxylic acid groups (broad SMARTS) is 2. The average Bonchev–Trinajstić information content (AvgIpc) is 2.83. The molecule has 0 radical (unpaired) electrons. The van der Waals surface area contributed by atoms with E-state index in [4.69, 9.17) is 9.84 Å². The fourth-order valence-corrected chi connectivity index (χ4v) is 4.08. The third kappa shape index (κ3) is 5.00. The first kappa shape index (κ1) is 24.7. The van der Waals surface area contributed by atoms with Gasteiger partial charge in [0.25, 0.3) is 0 Å². The van der Waals surface area contributed by atoms with E-state index in [9.17, 15) is 24.6 Å². The highest BCUT2D eigenvalue weighted by Crippen LogP contribution is 2.42. The zero-order valence-electron chi connectivity index (χ0n) is 18.7. The van der Waals surface area contributed by atoms with E-state index in [-0.39, 0.29) is 0 Å². The first-order valence-electron chi connectivity index (χ1n) is 10.8. The molecule has 3 N–H and O–H groups in total. The molecular weight excluding hydrogens is 436 g/mol. The number of esters is 1. The molecule has 7 heteroatoms. The maximum Gasteiger partial charge on any atom is 0.336 e. The summed E-state index contributed by atoms with van der Waals surface area (Å²) in [5.41, 5.74) is -1.45. The Bertz CT molecular complexity index is 1120. The molecule has 3 rings (SSSR count). The summed E-state index contributed by atoms with van der Waals surface area (Å²) in [6.07, 6.45) is -1.55. The number of carbonyl (C=O) groups excluding carboxylic acids is 1. The van der Waals surface area contributed by atoms with Crippen LogP contribution in [0.15, 0.2) is 84.9 Å². The molecular formula is C27H26O7.